The molecule has 0 saturated heterocycles. The van der Waals surface area contributed by atoms with Crippen LogP contribution in [0.25, 0.3) is 6.08 Å². The third-order valence-electron chi connectivity index (χ3n) is 2.39. The Morgan fingerprint density at radius 1 is 1.48 bits per heavy atom. The fraction of sp³-hybridized carbons (Fsp3) is 0.167. The third-order valence-corrected chi connectivity index (χ3v) is 3.59. The van der Waals surface area contributed by atoms with Crippen LogP contribution in [0.3, 0.4) is 0 Å². The van der Waals surface area contributed by atoms with Crippen molar-refractivity contribution < 1.29 is 14.7 Å². The Hall–Kier alpha value is -2.19. The SMILES string of the molecule is O=C(C=Cc1ccc(Cl)s1)NCCn1cc(C(=O)O)nn1. The largest absolute Gasteiger partial charge is 0.476 e. The van der Waals surface area contributed by atoms with E-state index in [1.165, 1.54) is 28.3 Å². The number of carboxylic acids is 1. The Kier molecular flexibility index (Phi) is 5.07. The smallest absolute Gasteiger partial charge is 0.358 e. The van der Waals surface area contributed by atoms with Gasteiger partial charge in [-0.1, -0.05) is 16.8 Å². The van der Waals surface area contributed by atoms with E-state index in [4.69, 9.17) is 16.7 Å². The molecular formula is C12H11ClN4O3S. The third kappa shape index (κ3) is 4.69. The molecule has 0 fully saturated rings. The van der Waals surface area contributed by atoms with Crippen LogP contribution in [0.15, 0.2) is 24.4 Å². The number of aromatic nitrogens is 3. The maximum absolute atomic E-state index is 11.6. The molecule has 0 unspecified atom stereocenters. The van der Waals surface area contributed by atoms with Crippen molar-refractivity contribution in [3.05, 3.63) is 39.3 Å². The highest BCUT2D eigenvalue weighted by molar-refractivity contribution is 7.17. The highest BCUT2D eigenvalue weighted by Crippen LogP contribution is 2.22. The van der Waals surface area contributed by atoms with Crippen molar-refractivity contribution >= 4 is 40.9 Å². The molecule has 9 heteroatoms. The first-order valence-corrected chi connectivity index (χ1v) is 7.09. The minimum absolute atomic E-state index is 0.129. The van der Waals surface area contributed by atoms with Crippen molar-refractivity contribution in [2.75, 3.05) is 6.54 Å². The fourth-order valence-corrected chi connectivity index (χ4v) is 2.40. The maximum atomic E-state index is 11.6. The summed E-state index contributed by atoms with van der Waals surface area (Å²) in [7, 11) is 0. The lowest BCUT2D eigenvalue weighted by molar-refractivity contribution is -0.116. The molecule has 0 aromatic carbocycles. The molecule has 2 aromatic rings. The molecular weight excluding hydrogens is 316 g/mol. The molecule has 0 spiro atoms. The van der Waals surface area contributed by atoms with Gasteiger partial charge in [-0.15, -0.1) is 16.4 Å². The minimum atomic E-state index is -1.14. The normalized spacial score (nSPS) is 10.9. The van der Waals surface area contributed by atoms with Crippen LogP contribution in [0.5, 0.6) is 0 Å². The Labute approximate surface area is 128 Å². The second-order valence-electron chi connectivity index (χ2n) is 3.94. The van der Waals surface area contributed by atoms with Crippen molar-refractivity contribution in [2.45, 2.75) is 6.54 Å². The monoisotopic (exact) mass is 326 g/mol. The summed E-state index contributed by atoms with van der Waals surface area (Å²) in [6, 6.07) is 3.58. The van der Waals surface area contributed by atoms with Gasteiger partial charge >= 0.3 is 5.97 Å². The lowest BCUT2D eigenvalue weighted by atomic mass is 10.4. The average molecular weight is 327 g/mol. The van der Waals surface area contributed by atoms with E-state index in [0.29, 0.717) is 17.4 Å². The minimum Gasteiger partial charge on any atom is -0.476 e. The Balaban J connectivity index is 1.76. The first kappa shape index (κ1) is 15.2. The molecule has 0 saturated carbocycles. The van der Waals surface area contributed by atoms with Crippen LogP contribution in [0.2, 0.25) is 4.34 Å². The fourth-order valence-electron chi connectivity index (χ4n) is 1.43. The van der Waals surface area contributed by atoms with Gasteiger partial charge in [0, 0.05) is 17.5 Å². The summed E-state index contributed by atoms with van der Waals surface area (Å²) in [5.74, 6) is -1.39. The standard InChI is InChI=1S/C12H11ClN4O3S/c13-10-3-1-8(21-10)2-4-11(18)14-5-6-17-7-9(12(19)20)15-16-17/h1-4,7H,5-6H2,(H,14,18)(H,19,20). The number of hydrogen-bond acceptors (Lipinski definition) is 5. The zero-order valence-corrected chi connectivity index (χ0v) is 12.3. The molecule has 0 bridgehead atoms. The molecule has 7 nitrogen and oxygen atoms in total. The summed E-state index contributed by atoms with van der Waals surface area (Å²) in [6.07, 6.45) is 4.38. The number of halogens is 1. The number of aromatic carboxylic acids is 1. The molecule has 2 heterocycles. The van der Waals surface area contributed by atoms with Crippen molar-refractivity contribution in [1.82, 2.24) is 20.3 Å². The van der Waals surface area contributed by atoms with E-state index in [9.17, 15) is 9.59 Å². The van der Waals surface area contributed by atoms with Crippen molar-refractivity contribution in [2.24, 2.45) is 0 Å². The van der Waals surface area contributed by atoms with Crippen molar-refractivity contribution in [3.63, 3.8) is 0 Å². The van der Waals surface area contributed by atoms with Gasteiger partial charge in [0.1, 0.15) is 0 Å². The number of hydrogen-bond donors (Lipinski definition) is 2. The lowest BCUT2D eigenvalue weighted by Gasteiger charge is -2.01. The number of thiophene rings is 1. The Bertz CT molecular complexity index is 680. The van der Waals surface area contributed by atoms with E-state index < -0.39 is 5.97 Å². The van der Waals surface area contributed by atoms with Gasteiger partial charge in [0.2, 0.25) is 5.91 Å². The van der Waals surface area contributed by atoms with E-state index in [0.717, 1.165) is 4.88 Å². The molecule has 110 valence electrons. The van der Waals surface area contributed by atoms with Crippen LogP contribution >= 0.6 is 22.9 Å². The summed E-state index contributed by atoms with van der Waals surface area (Å²) in [5.41, 5.74) is -0.129. The van der Waals surface area contributed by atoms with Crippen LogP contribution in [-0.2, 0) is 11.3 Å². The molecule has 2 N–H and O–H groups in total. The summed E-state index contributed by atoms with van der Waals surface area (Å²) >= 11 is 7.15. The molecule has 2 aromatic heterocycles. The van der Waals surface area contributed by atoms with Gasteiger partial charge in [-0.2, -0.15) is 0 Å². The molecule has 0 aliphatic heterocycles. The second kappa shape index (κ2) is 7.00. The second-order valence-corrected chi connectivity index (χ2v) is 5.68. The quantitative estimate of drug-likeness (QED) is 0.784. The first-order valence-electron chi connectivity index (χ1n) is 5.89. The van der Waals surface area contributed by atoms with E-state index >= 15 is 0 Å². The summed E-state index contributed by atoms with van der Waals surface area (Å²) in [4.78, 5) is 23.1. The van der Waals surface area contributed by atoms with Gasteiger partial charge in [0.25, 0.3) is 0 Å². The van der Waals surface area contributed by atoms with E-state index in [-0.39, 0.29) is 11.6 Å². The van der Waals surface area contributed by atoms with Crippen LogP contribution in [0.4, 0.5) is 0 Å². The Morgan fingerprint density at radius 2 is 2.29 bits per heavy atom. The van der Waals surface area contributed by atoms with Crippen molar-refractivity contribution in [1.29, 1.82) is 0 Å². The number of carboxylic acid groups (broad SMARTS) is 1. The number of nitrogens with one attached hydrogen (secondary N) is 1. The zero-order chi connectivity index (χ0) is 15.2. The van der Waals surface area contributed by atoms with Gasteiger partial charge in [0.15, 0.2) is 5.69 Å². The molecule has 0 radical (unpaired) electrons. The highest BCUT2D eigenvalue weighted by Gasteiger charge is 2.07. The first-order chi connectivity index (χ1) is 10.0. The number of nitrogens with zero attached hydrogens (tertiary/aromatic N) is 3. The predicted octanol–water partition coefficient (Wildman–Crippen LogP) is 1.52. The van der Waals surface area contributed by atoms with Crippen molar-refractivity contribution in [3.8, 4) is 0 Å². The topological polar surface area (TPSA) is 97.1 Å². The highest BCUT2D eigenvalue weighted by atomic mass is 35.5. The molecule has 0 aliphatic rings. The van der Waals surface area contributed by atoms with Crippen LogP contribution in [0.1, 0.15) is 15.4 Å². The van der Waals surface area contributed by atoms with Crippen LogP contribution in [0, 0.1) is 0 Å². The lowest BCUT2D eigenvalue weighted by Crippen LogP contribution is -2.25. The number of rotatable bonds is 6. The van der Waals surface area contributed by atoms with E-state index in [1.807, 2.05) is 6.07 Å². The number of carbonyl (C=O) groups is 2. The summed E-state index contributed by atoms with van der Waals surface area (Å²) < 4.78 is 2.02. The molecule has 2 rings (SSSR count). The zero-order valence-electron chi connectivity index (χ0n) is 10.7. The van der Waals surface area contributed by atoms with Gasteiger partial charge in [-0.25, -0.2) is 9.48 Å². The van der Waals surface area contributed by atoms with Gasteiger partial charge in [0.05, 0.1) is 17.1 Å². The summed E-state index contributed by atoms with van der Waals surface area (Å²) in [6.45, 7) is 0.654. The predicted molar refractivity (Wildman–Crippen MR) is 78.4 cm³/mol. The van der Waals surface area contributed by atoms with Crippen LogP contribution in [-0.4, -0.2) is 38.5 Å². The van der Waals surface area contributed by atoms with E-state index in [2.05, 4.69) is 15.6 Å². The molecule has 0 aliphatic carbocycles. The number of amides is 1. The summed E-state index contributed by atoms with van der Waals surface area (Å²) in [5, 5.41) is 18.4. The molecule has 1 amide bonds. The van der Waals surface area contributed by atoms with E-state index in [1.54, 1.807) is 12.1 Å². The average Bonchev–Trinajstić information content (AvgIpc) is 3.05. The molecule has 0 atom stereocenters. The Morgan fingerprint density at radius 3 is 2.90 bits per heavy atom. The van der Waals surface area contributed by atoms with Gasteiger partial charge < -0.3 is 10.4 Å². The van der Waals surface area contributed by atoms with Gasteiger partial charge in [-0.05, 0) is 18.2 Å². The van der Waals surface area contributed by atoms with Crippen LogP contribution < -0.4 is 5.32 Å². The molecule has 21 heavy (non-hydrogen) atoms. The number of carbonyl (C=O) groups excluding carboxylic acids is 1. The maximum Gasteiger partial charge on any atom is 0.358 e. The van der Waals surface area contributed by atoms with Gasteiger partial charge in [-0.3, -0.25) is 4.79 Å².